The number of nitrogens with zero attached hydrogens (tertiary/aromatic N) is 2. The first-order valence-electron chi connectivity index (χ1n) is 5.96. The molecule has 22 heavy (non-hydrogen) atoms. The smallest absolute Gasteiger partial charge is 0.294 e. The maximum atomic E-state index is 6.08. The third-order valence-electron chi connectivity index (χ3n) is 2.78. The molecule has 0 saturated carbocycles. The first-order valence-corrected chi connectivity index (χ1v) is 7.48. The Morgan fingerprint density at radius 2 is 0.909 bits per heavy atom. The maximum absolute atomic E-state index is 6.08. The fourth-order valence-electron chi connectivity index (χ4n) is 1.79. The fraction of sp³-hybridized carbons (Fsp3) is 0. The van der Waals surface area contributed by atoms with E-state index in [4.69, 9.17) is 56.1 Å². The van der Waals surface area contributed by atoms with Gasteiger partial charge in [0.25, 0.3) is 11.8 Å². The molecular formula is C14H6Cl4N2O2. The molecule has 1 aliphatic rings. The van der Waals surface area contributed by atoms with Crippen LogP contribution in [0.2, 0.25) is 20.1 Å². The number of benzene rings is 2. The lowest BCUT2D eigenvalue weighted by Gasteiger charge is -2.14. The molecule has 0 unspecified atom stereocenters. The van der Waals surface area contributed by atoms with Crippen molar-refractivity contribution in [2.45, 2.75) is 0 Å². The van der Waals surface area contributed by atoms with Crippen molar-refractivity contribution >= 4 is 58.2 Å². The minimum absolute atomic E-state index is 0.0440. The molecule has 112 valence electrons. The predicted molar refractivity (Wildman–Crippen MR) is 88.2 cm³/mol. The molecule has 0 radical (unpaired) electrons. The summed E-state index contributed by atoms with van der Waals surface area (Å²) in [7, 11) is 0. The highest BCUT2D eigenvalue weighted by Crippen LogP contribution is 2.29. The van der Waals surface area contributed by atoms with Crippen LogP contribution in [0, 0.1) is 0 Å². The molecule has 0 aromatic heterocycles. The van der Waals surface area contributed by atoms with Gasteiger partial charge in [0.2, 0.25) is 0 Å². The third-order valence-corrected chi connectivity index (χ3v) is 4.04. The van der Waals surface area contributed by atoms with Crippen molar-refractivity contribution in [2.24, 2.45) is 10.3 Å². The second-order valence-corrected chi connectivity index (χ2v) is 5.80. The van der Waals surface area contributed by atoms with Crippen LogP contribution in [0.1, 0.15) is 11.1 Å². The molecule has 0 aliphatic carbocycles. The molecule has 3 rings (SSSR count). The molecule has 1 heterocycles. The van der Waals surface area contributed by atoms with E-state index in [2.05, 4.69) is 10.3 Å². The van der Waals surface area contributed by atoms with Crippen molar-refractivity contribution in [3.8, 4) is 0 Å². The van der Waals surface area contributed by atoms with Crippen molar-refractivity contribution in [3.63, 3.8) is 0 Å². The van der Waals surface area contributed by atoms with Crippen LogP contribution in [0.3, 0.4) is 0 Å². The van der Waals surface area contributed by atoms with Gasteiger partial charge in [0.05, 0.1) is 31.2 Å². The molecule has 1 aliphatic heterocycles. The predicted octanol–water partition coefficient (Wildman–Crippen LogP) is 5.37. The summed E-state index contributed by atoms with van der Waals surface area (Å²) in [6.45, 7) is 0. The zero-order chi connectivity index (χ0) is 15.7. The highest BCUT2D eigenvalue weighted by molar-refractivity contribution is 6.40. The largest absolute Gasteiger partial charge is 0.329 e. The summed E-state index contributed by atoms with van der Waals surface area (Å²) in [6.07, 6.45) is 0. The highest BCUT2D eigenvalue weighted by atomic mass is 35.5. The Morgan fingerprint density at radius 3 is 1.18 bits per heavy atom. The van der Waals surface area contributed by atoms with E-state index >= 15 is 0 Å². The average Bonchev–Trinajstić information content (AvgIpc) is 2.48. The summed E-state index contributed by atoms with van der Waals surface area (Å²) in [6, 6.07) is 10.0. The Morgan fingerprint density at radius 1 is 0.591 bits per heavy atom. The van der Waals surface area contributed by atoms with Gasteiger partial charge in [-0.2, -0.15) is 0 Å². The standard InChI is InChI=1S/C14H6Cl4N2O2/c15-7-3-1-4-8(16)11(7)13-19-22-14(20-21-13)12-9(17)5-2-6-10(12)18/h1-6H. The molecule has 0 saturated heterocycles. The molecule has 2 aromatic rings. The molecule has 0 spiro atoms. The quantitative estimate of drug-likeness (QED) is 0.707. The second-order valence-electron chi connectivity index (χ2n) is 4.17. The molecule has 4 nitrogen and oxygen atoms in total. The van der Waals surface area contributed by atoms with Crippen LogP contribution in [0.5, 0.6) is 0 Å². The van der Waals surface area contributed by atoms with Crippen LogP contribution in [-0.2, 0) is 9.68 Å². The van der Waals surface area contributed by atoms with Gasteiger partial charge in [0, 0.05) is 0 Å². The van der Waals surface area contributed by atoms with E-state index in [-0.39, 0.29) is 11.8 Å². The van der Waals surface area contributed by atoms with Gasteiger partial charge < -0.3 is 9.68 Å². The highest BCUT2D eigenvalue weighted by Gasteiger charge is 2.23. The van der Waals surface area contributed by atoms with Gasteiger partial charge in [-0.05, 0) is 34.6 Å². The Hall–Kier alpha value is -1.46. The zero-order valence-electron chi connectivity index (χ0n) is 10.7. The molecule has 0 bridgehead atoms. The molecule has 8 heteroatoms. The summed E-state index contributed by atoms with van der Waals surface area (Å²) >= 11 is 24.3. The second kappa shape index (κ2) is 6.34. The van der Waals surface area contributed by atoms with Crippen LogP contribution in [-0.4, -0.2) is 11.8 Å². The van der Waals surface area contributed by atoms with E-state index in [0.29, 0.717) is 31.2 Å². The molecule has 2 aromatic carbocycles. The fourth-order valence-corrected chi connectivity index (χ4v) is 2.91. The monoisotopic (exact) mass is 374 g/mol. The van der Waals surface area contributed by atoms with Crippen molar-refractivity contribution in [3.05, 3.63) is 67.6 Å². The molecule has 0 N–H and O–H groups in total. The summed E-state index contributed by atoms with van der Waals surface area (Å²) in [5, 5.41) is 9.14. The number of oxime groups is 2. The van der Waals surface area contributed by atoms with Crippen LogP contribution in [0.4, 0.5) is 0 Å². The Bertz CT molecular complexity index is 697. The third kappa shape index (κ3) is 2.88. The minimum Gasteiger partial charge on any atom is -0.329 e. The van der Waals surface area contributed by atoms with Gasteiger partial charge in [0.1, 0.15) is 0 Å². The van der Waals surface area contributed by atoms with E-state index in [9.17, 15) is 0 Å². The average molecular weight is 376 g/mol. The van der Waals surface area contributed by atoms with E-state index < -0.39 is 0 Å². The van der Waals surface area contributed by atoms with Gasteiger partial charge in [-0.3, -0.25) is 0 Å². The molecular weight excluding hydrogens is 370 g/mol. The van der Waals surface area contributed by atoms with Gasteiger partial charge in [0.15, 0.2) is 0 Å². The Labute approximate surface area is 145 Å². The first-order chi connectivity index (χ1) is 10.6. The zero-order valence-corrected chi connectivity index (χ0v) is 13.7. The number of rotatable bonds is 2. The van der Waals surface area contributed by atoms with Gasteiger partial charge in [-0.25, -0.2) is 0 Å². The van der Waals surface area contributed by atoms with Crippen molar-refractivity contribution in [1.29, 1.82) is 0 Å². The summed E-state index contributed by atoms with van der Waals surface area (Å²) in [4.78, 5) is 10.5. The molecule has 0 amide bonds. The summed E-state index contributed by atoms with van der Waals surface area (Å²) in [5.74, 6) is 0.0880. The number of hydrogen-bond acceptors (Lipinski definition) is 4. The van der Waals surface area contributed by atoms with E-state index in [0.717, 1.165) is 0 Å². The molecule has 0 atom stereocenters. The van der Waals surface area contributed by atoms with Crippen LogP contribution in [0.25, 0.3) is 0 Å². The van der Waals surface area contributed by atoms with E-state index in [1.54, 1.807) is 36.4 Å². The van der Waals surface area contributed by atoms with Crippen molar-refractivity contribution in [2.75, 3.05) is 0 Å². The van der Waals surface area contributed by atoms with Crippen LogP contribution < -0.4 is 0 Å². The van der Waals surface area contributed by atoms with Gasteiger partial charge >= 0.3 is 0 Å². The topological polar surface area (TPSA) is 43.2 Å². The normalized spacial score (nSPS) is 13.8. The lowest BCUT2D eigenvalue weighted by molar-refractivity contribution is 0.219. The molecule has 0 fully saturated rings. The number of halogens is 4. The number of hydrogen-bond donors (Lipinski definition) is 0. The van der Waals surface area contributed by atoms with Gasteiger partial charge in [-0.15, -0.1) is 0 Å². The van der Waals surface area contributed by atoms with Crippen molar-refractivity contribution in [1.82, 2.24) is 0 Å². The summed E-state index contributed by atoms with van der Waals surface area (Å²) in [5.41, 5.74) is 0.776. The Balaban J connectivity index is 1.92. The van der Waals surface area contributed by atoms with E-state index in [1.807, 2.05) is 0 Å². The van der Waals surface area contributed by atoms with Crippen LogP contribution >= 0.6 is 46.4 Å². The SMILES string of the molecule is Clc1cccc(Cl)c1C1=NOC(c2c(Cl)cccc2Cl)=NO1. The lowest BCUT2D eigenvalue weighted by atomic mass is 10.2. The first kappa shape index (κ1) is 15.4. The Kier molecular flexibility index (Phi) is 4.45. The minimum atomic E-state index is 0.0440. The van der Waals surface area contributed by atoms with Crippen molar-refractivity contribution < 1.29 is 9.68 Å². The van der Waals surface area contributed by atoms with E-state index in [1.165, 1.54) is 0 Å². The van der Waals surface area contributed by atoms with Crippen LogP contribution in [0.15, 0.2) is 46.7 Å². The maximum Gasteiger partial charge on any atom is 0.294 e. The lowest BCUT2D eigenvalue weighted by Crippen LogP contribution is -2.16. The van der Waals surface area contributed by atoms with Gasteiger partial charge in [-0.1, -0.05) is 58.5 Å². The summed E-state index contributed by atoms with van der Waals surface area (Å²) < 4.78 is 0.